The molecular formula is C20H18Cl2N2O2. The molecule has 0 saturated heterocycles. The Balaban J connectivity index is 1.75. The van der Waals surface area contributed by atoms with Gasteiger partial charge in [0.2, 0.25) is 5.91 Å². The number of amides is 1. The van der Waals surface area contributed by atoms with Crippen LogP contribution in [-0.2, 0) is 4.79 Å². The van der Waals surface area contributed by atoms with E-state index in [9.17, 15) is 4.79 Å². The molecule has 0 radical (unpaired) electrons. The van der Waals surface area contributed by atoms with Gasteiger partial charge in [-0.3, -0.25) is 10.1 Å². The number of anilines is 1. The highest BCUT2D eigenvalue weighted by atomic mass is 35.5. The molecule has 0 saturated carbocycles. The second-order valence-electron chi connectivity index (χ2n) is 5.86. The summed E-state index contributed by atoms with van der Waals surface area (Å²) in [7, 11) is 0. The van der Waals surface area contributed by atoms with Crippen molar-refractivity contribution in [1.29, 1.82) is 0 Å². The number of halogens is 2. The van der Waals surface area contributed by atoms with E-state index in [0.717, 1.165) is 11.3 Å². The average molecular weight is 389 g/mol. The third kappa shape index (κ3) is 4.47. The Morgan fingerprint density at radius 1 is 1.04 bits per heavy atom. The molecule has 0 aliphatic carbocycles. The van der Waals surface area contributed by atoms with Gasteiger partial charge in [-0.1, -0.05) is 53.5 Å². The summed E-state index contributed by atoms with van der Waals surface area (Å²) in [6.45, 7) is 1.79. The molecule has 0 aliphatic rings. The zero-order valence-electron chi connectivity index (χ0n) is 14.1. The van der Waals surface area contributed by atoms with Gasteiger partial charge in [-0.15, -0.1) is 0 Å². The molecule has 0 spiro atoms. The first-order chi connectivity index (χ1) is 12.5. The van der Waals surface area contributed by atoms with E-state index < -0.39 is 6.04 Å². The summed E-state index contributed by atoms with van der Waals surface area (Å²) in [5.74, 6) is 0.530. The number of benzene rings is 2. The summed E-state index contributed by atoms with van der Waals surface area (Å²) in [5.41, 5.74) is 1.52. The van der Waals surface area contributed by atoms with Crippen molar-refractivity contribution in [3.8, 4) is 0 Å². The molecule has 3 rings (SSSR count). The summed E-state index contributed by atoms with van der Waals surface area (Å²) < 4.78 is 5.55. The van der Waals surface area contributed by atoms with Gasteiger partial charge in [-0.25, -0.2) is 0 Å². The SMILES string of the molecule is C[C@H](N[C@H](c1ccccc1)c1ccco1)C(=O)Nc1ccc(Cl)cc1Cl. The molecule has 3 aromatic rings. The fraction of sp³-hybridized carbons (Fsp3) is 0.150. The Morgan fingerprint density at radius 2 is 1.81 bits per heavy atom. The molecule has 2 atom stereocenters. The van der Waals surface area contributed by atoms with Crippen molar-refractivity contribution >= 4 is 34.8 Å². The third-order valence-electron chi connectivity index (χ3n) is 3.96. The van der Waals surface area contributed by atoms with Gasteiger partial charge in [0.15, 0.2) is 0 Å². The quantitative estimate of drug-likeness (QED) is 0.602. The van der Waals surface area contributed by atoms with E-state index >= 15 is 0 Å². The third-order valence-corrected chi connectivity index (χ3v) is 4.51. The molecule has 1 heterocycles. The highest BCUT2D eigenvalue weighted by molar-refractivity contribution is 6.36. The molecule has 6 heteroatoms. The van der Waals surface area contributed by atoms with Crippen LogP contribution in [0.2, 0.25) is 10.0 Å². The topological polar surface area (TPSA) is 54.3 Å². The lowest BCUT2D eigenvalue weighted by molar-refractivity contribution is -0.117. The van der Waals surface area contributed by atoms with Gasteiger partial charge in [0, 0.05) is 5.02 Å². The maximum absolute atomic E-state index is 12.6. The summed E-state index contributed by atoms with van der Waals surface area (Å²) in [4.78, 5) is 12.6. The van der Waals surface area contributed by atoms with Crippen molar-refractivity contribution in [1.82, 2.24) is 5.32 Å². The number of hydrogen-bond donors (Lipinski definition) is 2. The Bertz CT molecular complexity index is 867. The van der Waals surface area contributed by atoms with Crippen LogP contribution in [0.25, 0.3) is 0 Å². The summed E-state index contributed by atoms with van der Waals surface area (Å²) in [5, 5.41) is 7.04. The Morgan fingerprint density at radius 3 is 2.46 bits per heavy atom. The standard InChI is InChI=1S/C20H18Cl2N2O2/c1-13(20(25)24-17-10-9-15(21)12-16(17)22)23-19(18-8-5-11-26-18)14-6-3-2-4-7-14/h2-13,19,23H,1H3,(H,24,25)/t13-,19+/m0/s1. The van der Waals surface area contributed by atoms with E-state index in [1.54, 1.807) is 31.4 Å². The van der Waals surface area contributed by atoms with Crippen molar-refractivity contribution in [2.45, 2.75) is 19.0 Å². The molecule has 2 N–H and O–H groups in total. The second kappa shape index (κ2) is 8.41. The zero-order chi connectivity index (χ0) is 18.5. The first-order valence-electron chi connectivity index (χ1n) is 8.15. The minimum Gasteiger partial charge on any atom is -0.467 e. The Hall–Kier alpha value is -2.27. The van der Waals surface area contributed by atoms with E-state index in [1.165, 1.54) is 0 Å². The van der Waals surface area contributed by atoms with Gasteiger partial charge >= 0.3 is 0 Å². The lowest BCUT2D eigenvalue weighted by Crippen LogP contribution is -2.40. The minimum atomic E-state index is -0.489. The maximum atomic E-state index is 12.6. The fourth-order valence-corrected chi connectivity index (χ4v) is 3.06. The lowest BCUT2D eigenvalue weighted by atomic mass is 10.0. The molecule has 26 heavy (non-hydrogen) atoms. The van der Waals surface area contributed by atoms with Gasteiger partial charge in [0.1, 0.15) is 5.76 Å². The molecule has 2 aromatic carbocycles. The van der Waals surface area contributed by atoms with Crippen LogP contribution in [0, 0.1) is 0 Å². The van der Waals surface area contributed by atoms with Crippen LogP contribution >= 0.6 is 23.2 Å². The molecule has 0 fully saturated rings. The molecule has 4 nitrogen and oxygen atoms in total. The average Bonchev–Trinajstić information content (AvgIpc) is 3.17. The van der Waals surface area contributed by atoms with Gasteiger partial charge in [-0.05, 0) is 42.8 Å². The molecule has 1 aromatic heterocycles. The van der Waals surface area contributed by atoms with E-state index in [1.807, 2.05) is 42.5 Å². The van der Waals surface area contributed by atoms with Crippen molar-refractivity contribution < 1.29 is 9.21 Å². The predicted molar refractivity (Wildman–Crippen MR) is 105 cm³/mol. The molecule has 0 bridgehead atoms. The molecule has 1 amide bonds. The first-order valence-corrected chi connectivity index (χ1v) is 8.90. The van der Waals surface area contributed by atoms with E-state index in [-0.39, 0.29) is 11.9 Å². The Labute approximate surface area is 162 Å². The first kappa shape index (κ1) is 18.5. The number of carbonyl (C=O) groups excluding carboxylic acids is 1. The highest BCUT2D eigenvalue weighted by Gasteiger charge is 2.23. The maximum Gasteiger partial charge on any atom is 0.241 e. The van der Waals surface area contributed by atoms with Crippen LogP contribution < -0.4 is 10.6 Å². The second-order valence-corrected chi connectivity index (χ2v) is 6.70. The van der Waals surface area contributed by atoms with Crippen molar-refractivity contribution in [2.75, 3.05) is 5.32 Å². The number of carbonyl (C=O) groups is 1. The summed E-state index contributed by atoms with van der Waals surface area (Å²) in [6.07, 6.45) is 1.62. The minimum absolute atomic E-state index is 0.207. The van der Waals surface area contributed by atoms with E-state index in [2.05, 4.69) is 10.6 Å². The molecule has 0 aliphatic heterocycles. The normalized spacial score (nSPS) is 13.2. The van der Waals surface area contributed by atoms with Gasteiger partial charge in [-0.2, -0.15) is 0 Å². The fourth-order valence-electron chi connectivity index (χ4n) is 2.60. The number of furan rings is 1. The van der Waals surface area contributed by atoms with Crippen LogP contribution in [-0.4, -0.2) is 11.9 Å². The van der Waals surface area contributed by atoms with Gasteiger partial charge in [0.25, 0.3) is 0 Å². The molecular weight excluding hydrogens is 371 g/mol. The van der Waals surface area contributed by atoms with Crippen LogP contribution in [0.5, 0.6) is 0 Å². The lowest BCUT2D eigenvalue weighted by Gasteiger charge is -2.22. The van der Waals surface area contributed by atoms with Gasteiger partial charge < -0.3 is 9.73 Å². The van der Waals surface area contributed by atoms with E-state index in [4.69, 9.17) is 27.6 Å². The van der Waals surface area contributed by atoms with Crippen molar-refractivity contribution in [2.24, 2.45) is 0 Å². The van der Waals surface area contributed by atoms with E-state index in [0.29, 0.717) is 15.7 Å². The Kier molecular flexibility index (Phi) is 5.99. The predicted octanol–water partition coefficient (Wildman–Crippen LogP) is 5.29. The van der Waals surface area contributed by atoms with Crippen molar-refractivity contribution in [3.63, 3.8) is 0 Å². The largest absolute Gasteiger partial charge is 0.467 e. The highest BCUT2D eigenvalue weighted by Crippen LogP contribution is 2.26. The molecule has 0 unspecified atom stereocenters. The van der Waals surface area contributed by atoms with Crippen LogP contribution in [0.1, 0.15) is 24.3 Å². The van der Waals surface area contributed by atoms with Crippen LogP contribution in [0.15, 0.2) is 71.3 Å². The summed E-state index contributed by atoms with van der Waals surface area (Å²) in [6, 6.07) is 17.7. The smallest absolute Gasteiger partial charge is 0.241 e. The zero-order valence-corrected chi connectivity index (χ0v) is 15.6. The monoisotopic (exact) mass is 388 g/mol. The number of hydrogen-bond acceptors (Lipinski definition) is 3. The summed E-state index contributed by atoms with van der Waals surface area (Å²) >= 11 is 12.0. The number of nitrogens with one attached hydrogen (secondary N) is 2. The number of rotatable bonds is 6. The van der Waals surface area contributed by atoms with Crippen LogP contribution in [0.4, 0.5) is 5.69 Å². The van der Waals surface area contributed by atoms with Crippen LogP contribution in [0.3, 0.4) is 0 Å². The van der Waals surface area contributed by atoms with Crippen molar-refractivity contribution in [3.05, 3.63) is 88.3 Å². The molecule has 134 valence electrons. The van der Waals surface area contributed by atoms with Gasteiger partial charge in [0.05, 0.1) is 29.1 Å².